The van der Waals surface area contributed by atoms with Crippen LogP contribution < -0.4 is 5.32 Å². The molecule has 0 aromatic rings. The lowest BCUT2D eigenvalue weighted by molar-refractivity contribution is -0.289. The number of aliphatic hydroxyl groups excluding tert-OH is 3. The molecule has 1 heterocycles. The van der Waals surface area contributed by atoms with E-state index in [9.17, 15) is 24.9 Å². The Hall–Kier alpha value is -1.26. The van der Waals surface area contributed by atoms with Gasteiger partial charge in [-0.15, -0.1) is 0 Å². The van der Waals surface area contributed by atoms with Crippen LogP contribution in [-0.2, 0) is 14.3 Å². The number of carboxylic acid groups (broad SMARTS) is 1. The monoisotopic (exact) mass is 293 g/mol. The Morgan fingerprint density at radius 3 is 2.55 bits per heavy atom. The van der Waals surface area contributed by atoms with E-state index in [4.69, 9.17) is 14.9 Å². The standard InChI is InChI=1S/C11H19NO8/c1-5(14)12-8-7(16)4-11(19,10(17)18)20-9(8)6(15)2-3-13/h6-9,13,15-16,19H,2-4H2,1H3,(H,12,14)(H,17,18)/t6-,7+,8-,9+,11-/m1/s1. The maximum Gasteiger partial charge on any atom is 0.364 e. The Kier molecular flexibility index (Phi) is 5.42. The van der Waals surface area contributed by atoms with Crippen molar-refractivity contribution in [2.75, 3.05) is 6.61 Å². The normalized spacial score (nSPS) is 35.4. The average molecular weight is 293 g/mol. The molecule has 20 heavy (non-hydrogen) atoms. The van der Waals surface area contributed by atoms with E-state index in [1.807, 2.05) is 0 Å². The van der Waals surface area contributed by atoms with Gasteiger partial charge in [-0.3, -0.25) is 4.79 Å². The number of carbonyl (C=O) groups excluding carboxylic acids is 1. The van der Waals surface area contributed by atoms with Crippen molar-refractivity contribution in [2.45, 2.75) is 49.9 Å². The summed E-state index contributed by atoms with van der Waals surface area (Å²) in [6.07, 6.45) is -4.97. The molecule has 116 valence electrons. The van der Waals surface area contributed by atoms with Crippen molar-refractivity contribution in [2.24, 2.45) is 0 Å². The Morgan fingerprint density at radius 2 is 2.10 bits per heavy atom. The molecule has 0 aromatic heterocycles. The van der Waals surface area contributed by atoms with E-state index in [0.717, 1.165) is 0 Å². The van der Waals surface area contributed by atoms with Crippen LogP contribution >= 0.6 is 0 Å². The van der Waals surface area contributed by atoms with Crippen LogP contribution in [0, 0.1) is 0 Å². The molecule has 9 heteroatoms. The van der Waals surface area contributed by atoms with Crippen molar-refractivity contribution in [3.8, 4) is 0 Å². The van der Waals surface area contributed by atoms with Crippen LogP contribution in [0.5, 0.6) is 0 Å². The summed E-state index contributed by atoms with van der Waals surface area (Å²) in [6.45, 7) is 0.773. The van der Waals surface area contributed by atoms with Crippen molar-refractivity contribution in [3.05, 3.63) is 0 Å². The van der Waals surface area contributed by atoms with Gasteiger partial charge in [-0.25, -0.2) is 4.79 Å². The molecule has 1 fully saturated rings. The van der Waals surface area contributed by atoms with Crippen LogP contribution in [0.1, 0.15) is 19.8 Å². The van der Waals surface area contributed by atoms with Crippen LogP contribution in [0.3, 0.4) is 0 Å². The maximum atomic E-state index is 11.1. The number of hydrogen-bond acceptors (Lipinski definition) is 7. The number of rotatable bonds is 5. The van der Waals surface area contributed by atoms with Gasteiger partial charge in [0.1, 0.15) is 6.10 Å². The molecule has 0 radical (unpaired) electrons. The molecule has 0 saturated carbocycles. The molecule has 1 saturated heterocycles. The largest absolute Gasteiger partial charge is 0.477 e. The quantitative estimate of drug-likeness (QED) is 0.316. The fourth-order valence-electron chi connectivity index (χ4n) is 2.14. The Balaban J connectivity index is 2.99. The minimum atomic E-state index is -2.66. The summed E-state index contributed by atoms with van der Waals surface area (Å²) in [4.78, 5) is 22.1. The lowest BCUT2D eigenvalue weighted by Crippen LogP contribution is -2.65. The first-order valence-electron chi connectivity index (χ1n) is 6.09. The molecule has 0 unspecified atom stereocenters. The molecule has 0 bridgehead atoms. The number of carbonyl (C=O) groups is 2. The fraction of sp³-hybridized carbons (Fsp3) is 0.818. The van der Waals surface area contributed by atoms with E-state index in [-0.39, 0.29) is 6.42 Å². The lowest BCUT2D eigenvalue weighted by Gasteiger charge is -2.44. The highest BCUT2D eigenvalue weighted by molar-refractivity contribution is 5.76. The minimum absolute atomic E-state index is 0.164. The van der Waals surface area contributed by atoms with Gasteiger partial charge >= 0.3 is 5.97 Å². The molecule has 1 amide bonds. The summed E-state index contributed by atoms with van der Waals surface area (Å²) in [6, 6.07) is -1.09. The Labute approximate surface area is 114 Å². The first-order valence-corrected chi connectivity index (χ1v) is 6.09. The third-order valence-corrected chi connectivity index (χ3v) is 3.09. The van der Waals surface area contributed by atoms with Crippen molar-refractivity contribution in [1.29, 1.82) is 0 Å². The van der Waals surface area contributed by atoms with Gasteiger partial charge in [0.25, 0.3) is 5.79 Å². The zero-order valence-electron chi connectivity index (χ0n) is 10.9. The molecule has 1 aliphatic heterocycles. The van der Waals surface area contributed by atoms with Gasteiger partial charge in [0.2, 0.25) is 5.91 Å². The zero-order chi connectivity index (χ0) is 15.5. The molecule has 0 spiro atoms. The molecule has 6 N–H and O–H groups in total. The third-order valence-electron chi connectivity index (χ3n) is 3.09. The molecule has 9 nitrogen and oxygen atoms in total. The number of aliphatic carboxylic acids is 1. The maximum absolute atomic E-state index is 11.1. The third kappa shape index (κ3) is 3.64. The number of amides is 1. The second-order valence-corrected chi connectivity index (χ2v) is 4.75. The van der Waals surface area contributed by atoms with E-state index in [2.05, 4.69) is 5.32 Å². The zero-order valence-corrected chi connectivity index (χ0v) is 10.9. The number of aliphatic hydroxyl groups is 4. The summed E-state index contributed by atoms with van der Waals surface area (Å²) in [5.41, 5.74) is 0. The molecule has 5 atom stereocenters. The lowest BCUT2D eigenvalue weighted by atomic mass is 9.89. The second-order valence-electron chi connectivity index (χ2n) is 4.75. The topological polar surface area (TPSA) is 157 Å². The van der Waals surface area contributed by atoms with E-state index >= 15 is 0 Å². The first kappa shape index (κ1) is 16.8. The van der Waals surface area contributed by atoms with Crippen molar-refractivity contribution in [3.63, 3.8) is 0 Å². The van der Waals surface area contributed by atoms with Gasteiger partial charge in [-0.05, 0) is 6.42 Å². The van der Waals surface area contributed by atoms with Crippen LogP contribution in [0.4, 0.5) is 0 Å². The summed E-state index contributed by atoms with van der Waals surface area (Å²) in [5, 5.41) is 49.6. The van der Waals surface area contributed by atoms with Crippen molar-refractivity contribution in [1.82, 2.24) is 5.32 Å². The van der Waals surface area contributed by atoms with Gasteiger partial charge in [0.15, 0.2) is 0 Å². The predicted octanol–water partition coefficient (Wildman–Crippen LogP) is -2.84. The molecule has 1 rings (SSSR count). The van der Waals surface area contributed by atoms with Crippen LogP contribution in [0.25, 0.3) is 0 Å². The van der Waals surface area contributed by atoms with Crippen LogP contribution in [-0.4, -0.2) is 74.2 Å². The highest BCUT2D eigenvalue weighted by Crippen LogP contribution is 2.30. The predicted molar refractivity (Wildman–Crippen MR) is 63.4 cm³/mol. The van der Waals surface area contributed by atoms with E-state index < -0.39 is 55.0 Å². The van der Waals surface area contributed by atoms with Gasteiger partial charge in [0, 0.05) is 20.0 Å². The Morgan fingerprint density at radius 1 is 1.50 bits per heavy atom. The van der Waals surface area contributed by atoms with Gasteiger partial charge in [0.05, 0.1) is 18.2 Å². The SMILES string of the molecule is CC(=O)N[C@H]1[C@H]([C@H](O)CCO)O[C@@](O)(C(=O)O)C[C@@H]1O. The van der Waals surface area contributed by atoms with E-state index in [1.165, 1.54) is 6.92 Å². The van der Waals surface area contributed by atoms with Crippen LogP contribution in [0.2, 0.25) is 0 Å². The number of ether oxygens (including phenoxy) is 1. The van der Waals surface area contributed by atoms with Gasteiger partial charge < -0.3 is 35.6 Å². The minimum Gasteiger partial charge on any atom is -0.477 e. The summed E-state index contributed by atoms with van der Waals surface area (Å²) >= 11 is 0. The van der Waals surface area contributed by atoms with Crippen molar-refractivity contribution < 1.29 is 39.9 Å². The molecular weight excluding hydrogens is 274 g/mol. The van der Waals surface area contributed by atoms with E-state index in [0.29, 0.717) is 0 Å². The van der Waals surface area contributed by atoms with E-state index in [1.54, 1.807) is 0 Å². The van der Waals surface area contributed by atoms with Crippen LogP contribution in [0.15, 0.2) is 0 Å². The van der Waals surface area contributed by atoms with Crippen molar-refractivity contribution >= 4 is 11.9 Å². The molecule has 1 aliphatic rings. The number of hydrogen-bond donors (Lipinski definition) is 6. The van der Waals surface area contributed by atoms with Gasteiger partial charge in [-0.2, -0.15) is 0 Å². The summed E-state index contributed by atoms with van der Waals surface area (Å²) < 4.78 is 4.95. The van der Waals surface area contributed by atoms with Gasteiger partial charge in [-0.1, -0.05) is 0 Å². The highest BCUT2D eigenvalue weighted by atomic mass is 16.7. The first-order chi connectivity index (χ1) is 9.21. The molecule has 0 aromatic carbocycles. The molecular formula is C11H19NO8. The Bertz CT molecular complexity index is 375. The summed E-state index contributed by atoms with van der Waals surface area (Å²) in [7, 11) is 0. The summed E-state index contributed by atoms with van der Waals surface area (Å²) in [5.74, 6) is -4.88. The second kappa shape index (κ2) is 6.46. The average Bonchev–Trinajstić information content (AvgIpc) is 2.32. The fourth-order valence-corrected chi connectivity index (χ4v) is 2.14. The number of carboxylic acids is 1. The smallest absolute Gasteiger partial charge is 0.364 e. The highest BCUT2D eigenvalue weighted by Gasteiger charge is 2.52. The number of nitrogens with one attached hydrogen (secondary N) is 1. The molecule has 0 aliphatic carbocycles.